The average Bonchev–Trinajstić information content (AvgIpc) is 2.57. The first kappa shape index (κ1) is 14.9. The van der Waals surface area contributed by atoms with Crippen LogP contribution in [0.5, 0.6) is 0 Å². The van der Waals surface area contributed by atoms with E-state index in [0.29, 0.717) is 0 Å². The molecular weight excluding hydrogens is 265 g/mol. The van der Waals surface area contributed by atoms with Gasteiger partial charge in [0.2, 0.25) is 0 Å². The lowest BCUT2D eigenvalue weighted by Gasteiger charge is -2.32. The van der Waals surface area contributed by atoms with E-state index in [1.165, 1.54) is 6.07 Å². The van der Waals surface area contributed by atoms with Gasteiger partial charge in [0, 0.05) is 11.8 Å². The number of hydrogen-bond acceptors (Lipinski definition) is 4. The van der Waals surface area contributed by atoms with Gasteiger partial charge in [-0.25, -0.2) is 13.8 Å². The van der Waals surface area contributed by atoms with Crippen LogP contribution in [0.4, 0.5) is 8.78 Å². The normalized spacial score (nSPS) is 20.2. The number of hydrogen-bond donors (Lipinski definition) is 0. The van der Waals surface area contributed by atoms with Crippen LogP contribution in [0.1, 0.15) is 45.4 Å². The van der Waals surface area contributed by atoms with Gasteiger partial charge >= 0.3 is 7.12 Å². The Labute approximate surface area is 116 Å². The number of nitrogens with zero attached hydrogens (tertiary/aromatic N) is 2. The first-order valence-electron chi connectivity index (χ1n) is 6.21. The van der Waals surface area contributed by atoms with Gasteiger partial charge in [-0.15, -0.1) is 0 Å². The molecule has 2 heterocycles. The van der Waals surface area contributed by atoms with E-state index in [-0.39, 0.29) is 16.7 Å². The van der Waals surface area contributed by atoms with E-state index < -0.39 is 24.7 Å². The summed E-state index contributed by atoms with van der Waals surface area (Å²) in [6.45, 7) is 7.34. The van der Waals surface area contributed by atoms with Crippen molar-refractivity contribution in [3.63, 3.8) is 0 Å². The molecule has 0 aliphatic carbocycles. The summed E-state index contributed by atoms with van der Waals surface area (Å²) in [5, 5.41) is 8.86. The Balaban J connectivity index is 2.46. The molecule has 1 saturated heterocycles. The number of alkyl halides is 2. The van der Waals surface area contributed by atoms with Gasteiger partial charge in [-0.2, -0.15) is 5.26 Å². The Morgan fingerprint density at radius 3 is 2.25 bits per heavy atom. The number of aromatic nitrogens is 1. The van der Waals surface area contributed by atoms with Gasteiger partial charge in [0.15, 0.2) is 0 Å². The highest BCUT2D eigenvalue weighted by Gasteiger charge is 2.52. The van der Waals surface area contributed by atoms with Crippen molar-refractivity contribution in [2.45, 2.75) is 45.3 Å². The molecule has 4 nitrogen and oxygen atoms in total. The highest BCUT2D eigenvalue weighted by Crippen LogP contribution is 2.37. The van der Waals surface area contributed by atoms with Crippen LogP contribution in [0.3, 0.4) is 0 Å². The van der Waals surface area contributed by atoms with Gasteiger partial charge in [0.1, 0.15) is 11.8 Å². The second kappa shape index (κ2) is 4.79. The van der Waals surface area contributed by atoms with E-state index in [0.717, 1.165) is 6.20 Å². The van der Waals surface area contributed by atoms with Crippen molar-refractivity contribution >= 4 is 12.6 Å². The molecular formula is C13H15BF2N2O2. The fourth-order valence-electron chi connectivity index (χ4n) is 1.90. The molecule has 2 rings (SSSR count). The molecule has 0 unspecified atom stereocenters. The van der Waals surface area contributed by atoms with Crippen molar-refractivity contribution in [3.8, 4) is 6.07 Å². The van der Waals surface area contributed by atoms with Gasteiger partial charge in [-0.1, -0.05) is 0 Å². The van der Waals surface area contributed by atoms with Crippen LogP contribution < -0.4 is 5.46 Å². The zero-order valence-corrected chi connectivity index (χ0v) is 11.8. The van der Waals surface area contributed by atoms with Gasteiger partial charge in [-0.3, -0.25) is 0 Å². The van der Waals surface area contributed by atoms with Crippen LogP contribution in [0, 0.1) is 11.3 Å². The Hall–Kier alpha value is -1.52. The smallest absolute Gasteiger partial charge is 0.399 e. The highest BCUT2D eigenvalue weighted by molar-refractivity contribution is 6.62. The van der Waals surface area contributed by atoms with Gasteiger partial charge in [-0.05, 0) is 39.2 Å². The van der Waals surface area contributed by atoms with Gasteiger partial charge < -0.3 is 9.31 Å². The van der Waals surface area contributed by atoms with Crippen molar-refractivity contribution in [2.75, 3.05) is 0 Å². The lowest BCUT2D eigenvalue weighted by atomic mass is 9.76. The molecule has 1 fully saturated rings. The first-order chi connectivity index (χ1) is 9.18. The summed E-state index contributed by atoms with van der Waals surface area (Å²) in [6.07, 6.45) is -1.70. The second-order valence-corrected chi connectivity index (χ2v) is 5.70. The highest BCUT2D eigenvalue weighted by atomic mass is 19.3. The minimum atomic E-state index is -2.70. The van der Waals surface area contributed by atoms with Crippen molar-refractivity contribution in [1.29, 1.82) is 5.26 Å². The molecule has 0 saturated carbocycles. The van der Waals surface area contributed by atoms with Crippen LogP contribution in [0.2, 0.25) is 0 Å². The summed E-state index contributed by atoms with van der Waals surface area (Å²) in [4.78, 5) is 3.67. The number of nitriles is 1. The first-order valence-corrected chi connectivity index (χ1v) is 6.21. The standard InChI is InChI=1S/C13H15BF2N2O2/c1-12(2)13(3,4)20-14(19-12)10-5-8(6-17)18-7-9(10)11(15)16/h5,7,11H,1-4H3. The number of halogens is 2. The van der Waals surface area contributed by atoms with Gasteiger partial charge in [0.25, 0.3) is 6.43 Å². The van der Waals surface area contributed by atoms with E-state index in [9.17, 15) is 8.78 Å². The van der Waals surface area contributed by atoms with Crippen molar-refractivity contribution in [1.82, 2.24) is 4.98 Å². The SMILES string of the molecule is CC1(C)OB(c2cc(C#N)ncc2C(F)F)OC1(C)C. The molecule has 1 aromatic rings. The monoisotopic (exact) mass is 280 g/mol. The summed E-state index contributed by atoms with van der Waals surface area (Å²) in [7, 11) is -0.931. The Morgan fingerprint density at radius 2 is 1.80 bits per heavy atom. The molecule has 0 amide bonds. The summed E-state index contributed by atoms with van der Waals surface area (Å²) >= 11 is 0. The average molecular weight is 280 g/mol. The Bertz CT molecular complexity index is 554. The summed E-state index contributed by atoms with van der Waals surface area (Å²) in [6, 6.07) is 3.13. The van der Waals surface area contributed by atoms with Crippen LogP contribution in [-0.2, 0) is 9.31 Å². The van der Waals surface area contributed by atoms with E-state index in [4.69, 9.17) is 14.6 Å². The van der Waals surface area contributed by atoms with Crippen molar-refractivity contribution < 1.29 is 18.1 Å². The fourth-order valence-corrected chi connectivity index (χ4v) is 1.90. The van der Waals surface area contributed by atoms with Crippen LogP contribution in [-0.4, -0.2) is 23.3 Å². The largest absolute Gasteiger partial charge is 0.495 e. The van der Waals surface area contributed by atoms with Crippen molar-refractivity contribution in [3.05, 3.63) is 23.5 Å². The lowest BCUT2D eigenvalue weighted by Crippen LogP contribution is -2.41. The molecule has 0 bridgehead atoms. The molecule has 106 valence electrons. The van der Waals surface area contributed by atoms with Crippen LogP contribution in [0.15, 0.2) is 12.3 Å². The van der Waals surface area contributed by atoms with E-state index in [1.54, 1.807) is 0 Å². The fraction of sp³-hybridized carbons (Fsp3) is 0.538. The van der Waals surface area contributed by atoms with Crippen LogP contribution >= 0.6 is 0 Å². The molecule has 0 aromatic carbocycles. The predicted molar refractivity (Wildman–Crippen MR) is 69.6 cm³/mol. The van der Waals surface area contributed by atoms with E-state index >= 15 is 0 Å². The third kappa shape index (κ3) is 2.41. The second-order valence-electron chi connectivity index (χ2n) is 5.70. The number of pyridine rings is 1. The van der Waals surface area contributed by atoms with E-state index in [2.05, 4.69) is 4.98 Å². The third-order valence-corrected chi connectivity index (χ3v) is 3.83. The quantitative estimate of drug-likeness (QED) is 0.779. The molecule has 0 radical (unpaired) electrons. The molecule has 0 atom stereocenters. The maximum Gasteiger partial charge on any atom is 0.495 e. The van der Waals surface area contributed by atoms with Crippen LogP contribution in [0.25, 0.3) is 0 Å². The molecule has 1 aliphatic rings. The zero-order valence-electron chi connectivity index (χ0n) is 11.8. The maximum absolute atomic E-state index is 13.1. The molecule has 1 aliphatic heterocycles. The lowest BCUT2D eigenvalue weighted by molar-refractivity contribution is 0.00578. The topological polar surface area (TPSA) is 55.1 Å². The van der Waals surface area contributed by atoms with E-state index in [1.807, 2.05) is 33.8 Å². The minimum absolute atomic E-state index is 0.0547. The molecule has 0 N–H and O–H groups in total. The van der Waals surface area contributed by atoms with Crippen molar-refractivity contribution in [2.24, 2.45) is 0 Å². The number of rotatable bonds is 2. The predicted octanol–water partition coefficient (Wildman–Crippen LogP) is 2.19. The Kier molecular flexibility index (Phi) is 3.57. The summed E-state index contributed by atoms with van der Waals surface area (Å²) < 4.78 is 37.6. The third-order valence-electron chi connectivity index (χ3n) is 3.83. The van der Waals surface area contributed by atoms with Gasteiger partial charge in [0.05, 0.1) is 11.2 Å². The minimum Gasteiger partial charge on any atom is -0.399 e. The summed E-state index contributed by atoms with van der Waals surface area (Å²) in [5.74, 6) is 0. The summed E-state index contributed by atoms with van der Waals surface area (Å²) in [5.41, 5.74) is -1.33. The molecule has 0 spiro atoms. The molecule has 7 heteroatoms. The molecule has 1 aromatic heterocycles. The maximum atomic E-state index is 13.1. The molecule has 20 heavy (non-hydrogen) atoms. The Morgan fingerprint density at radius 1 is 1.25 bits per heavy atom. The zero-order chi connectivity index (χ0) is 15.1.